The summed E-state index contributed by atoms with van der Waals surface area (Å²) in [6, 6.07) is 0. The Kier molecular flexibility index (Phi) is 4.66. The van der Waals surface area contributed by atoms with Crippen LogP contribution in [0.25, 0.3) is 0 Å². The molecule has 0 fully saturated rings. The number of hydrogen-bond acceptors (Lipinski definition) is 1. The molecule has 0 aromatic heterocycles. The Bertz CT molecular complexity index is 191. The zero-order chi connectivity index (χ0) is 9.52. The van der Waals surface area contributed by atoms with Crippen LogP contribution in [-0.2, 0) is 4.74 Å². The van der Waals surface area contributed by atoms with Crippen LogP contribution in [0.15, 0.2) is 24.0 Å². The van der Waals surface area contributed by atoms with Gasteiger partial charge in [0.25, 0.3) is 0 Å². The van der Waals surface area contributed by atoms with E-state index in [1.54, 1.807) is 0 Å². The van der Waals surface area contributed by atoms with Crippen molar-refractivity contribution in [2.45, 2.75) is 39.5 Å². The largest absolute Gasteiger partial charge is 0.501 e. The minimum atomic E-state index is 0.673. The summed E-state index contributed by atoms with van der Waals surface area (Å²) in [5.74, 6) is 0.673. The lowest BCUT2D eigenvalue weighted by molar-refractivity contribution is 0.239. The lowest BCUT2D eigenvalue weighted by Crippen LogP contribution is -2.02. The lowest BCUT2D eigenvalue weighted by atomic mass is 9.92. The molecule has 1 rings (SSSR count). The molecule has 1 aliphatic rings. The fraction of sp³-hybridized carbons (Fsp3) is 0.667. The van der Waals surface area contributed by atoms with Gasteiger partial charge in [-0.1, -0.05) is 32.4 Å². The fourth-order valence-corrected chi connectivity index (χ4v) is 1.43. The number of hydrogen-bond donors (Lipinski definition) is 0. The molecule has 0 N–H and O–H groups in total. The summed E-state index contributed by atoms with van der Waals surface area (Å²) in [5, 5.41) is 0. The maximum absolute atomic E-state index is 5.47. The van der Waals surface area contributed by atoms with Crippen molar-refractivity contribution < 1.29 is 4.74 Å². The van der Waals surface area contributed by atoms with Gasteiger partial charge >= 0.3 is 0 Å². The highest BCUT2D eigenvalue weighted by Crippen LogP contribution is 2.22. The first-order valence-electron chi connectivity index (χ1n) is 5.32. The molecule has 74 valence electrons. The van der Waals surface area contributed by atoms with E-state index >= 15 is 0 Å². The molecule has 0 aliphatic heterocycles. The molecular formula is C12H20O. The highest BCUT2D eigenvalue weighted by Gasteiger charge is 2.09. The van der Waals surface area contributed by atoms with E-state index in [2.05, 4.69) is 26.0 Å². The van der Waals surface area contributed by atoms with Crippen molar-refractivity contribution in [3.05, 3.63) is 24.0 Å². The third-order valence-corrected chi connectivity index (χ3v) is 2.48. The lowest BCUT2D eigenvalue weighted by Gasteiger charge is -2.15. The van der Waals surface area contributed by atoms with Crippen LogP contribution >= 0.6 is 0 Å². The smallest absolute Gasteiger partial charge is 0.0873 e. The molecule has 1 heteroatoms. The zero-order valence-electron chi connectivity index (χ0n) is 8.75. The Labute approximate surface area is 81.5 Å². The summed E-state index contributed by atoms with van der Waals surface area (Å²) in [6.45, 7) is 5.30. The summed E-state index contributed by atoms with van der Waals surface area (Å²) >= 11 is 0. The van der Waals surface area contributed by atoms with Gasteiger partial charge in [0.1, 0.15) is 0 Å². The third-order valence-electron chi connectivity index (χ3n) is 2.48. The average Bonchev–Trinajstić information content (AvgIpc) is 2.15. The Morgan fingerprint density at radius 3 is 3.15 bits per heavy atom. The second-order valence-corrected chi connectivity index (χ2v) is 3.72. The molecule has 1 nitrogen and oxygen atoms in total. The first kappa shape index (κ1) is 10.4. The number of ether oxygens (including phenoxy) is 1. The molecule has 0 aromatic rings. The molecule has 0 saturated heterocycles. The highest BCUT2D eigenvalue weighted by molar-refractivity contribution is 5.22. The standard InChI is InChI=1S/C12H20O/c1-3-4-9-13-10-12-8-6-5-7-11(12)2/h6,8,10-11H,3-5,7,9H2,1-2H3. The van der Waals surface area contributed by atoms with Crippen LogP contribution in [0.4, 0.5) is 0 Å². The summed E-state index contributed by atoms with van der Waals surface area (Å²) in [7, 11) is 0. The minimum absolute atomic E-state index is 0.673. The third kappa shape index (κ3) is 3.67. The van der Waals surface area contributed by atoms with E-state index < -0.39 is 0 Å². The van der Waals surface area contributed by atoms with E-state index in [0.717, 1.165) is 13.0 Å². The topological polar surface area (TPSA) is 9.23 Å². The van der Waals surface area contributed by atoms with Gasteiger partial charge in [-0.3, -0.25) is 0 Å². The van der Waals surface area contributed by atoms with Gasteiger partial charge in [0.15, 0.2) is 0 Å². The van der Waals surface area contributed by atoms with Crippen molar-refractivity contribution >= 4 is 0 Å². The average molecular weight is 180 g/mol. The Morgan fingerprint density at radius 1 is 1.62 bits per heavy atom. The number of rotatable bonds is 4. The highest BCUT2D eigenvalue weighted by atomic mass is 16.5. The molecule has 1 atom stereocenters. The van der Waals surface area contributed by atoms with E-state index in [9.17, 15) is 0 Å². The summed E-state index contributed by atoms with van der Waals surface area (Å²) in [5.41, 5.74) is 1.35. The molecule has 0 amide bonds. The van der Waals surface area contributed by atoms with Crippen LogP contribution < -0.4 is 0 Å². The Morgan fingerprint density at radius 2 is 2.46 bits per heavy atom. The summed E-state index contributed by atoms with van der Waals surface area (Å²) < 4.78 is 5.47. The van der Waals surface area contributed by atoms with Crippen molar-refractivity contribution in [2.75, 3.05) is 6.61 Å². The second kappa shape index (κ2) is 5.85. The summed E-state index contributed by atoms with van der Waals surface area (Å²) in [4.78, 5) is 0. The van der Waals surface area contributed by atoms with Gasteiger partial charge in [-0.05, 0) is 30.8 Å². The van der Waals surface area contributed by atoms with Crippen LogP contribution in [0, 0.1) is 5.92 Å². The molecular weight excluding hydrogens is 160 g/mol. The van der Waals surface area contributed by atoms with Crippen molar-refractivity contribution in [1.29, 1.82) is 0 Å². The van der Waals surface area contributed by atoms with E-state index in [4.69, 9.17) is 4.74 Å². The second-order valence-electron chi connectivity index (χ2n) is 3.72. The Balaban J connectivity index is 2.31. The first-order valence-corrected chi connectivity index (χ1v) is 5.32. The van der Waals surface area contributed by atoms with Gasteiger partial charge in [-0.25, -0.2) is 0 Å². The van der Waals surface area contributed by atoms with Crippen molar-refractivity contribution in [3.8, 4) is 0 Å². The van der Waals surface area contributed by atoms with Crippen LogP contribution in [0.5, 0.6) is 0 Å². The zero-order valence-corrected chi connectivity index (χ0v) is 8.75. The molecule has 0 saturated carbocycles. The molecule has 0 radical (unpaired) electrons. The molecule has 0 heterocycles. The molecule has 0 spiro atoms. The minimum Gasteiger partial charge on any atom is -0.501 e. The van der Waals surface area contributed by atoms with Crippen LogP contribution in [-0.4, -0.2) is 6.61 Å². The maximum atomic E-state index is 5.47. The maximum Gasteiger partial charge on any atom is 0.0873 e. The predicted molar refractivity (Wildman–Crippen MR) is 56.5 cm³/mol. The molecule has 1 aliphatic carbocycles. The SMILES string of the molecule is CCCCOC=C1C=CCCC1C. The number of unbranched alkanes of at least 4 members (excludes halogenated alkanes) is 1. The predicted octanol–water partition coefficient (Wildman–Crippen LogP) is 3.67. The molecule has 0 bridgehead atoms. The Hall–Kier alpha value is -0.720. The fourth-order valence-electron chi connectivity index (χ4n) is 1.43. The van der Waals surface area contributed by atoms with Gasteiger partial charge in [0.05, 0.1) is 12.9 Å². The van der Waals surface area contributed by atoms with Gasteiger partial charge < -0.3 is 4.74 Å². The normalized spacial score (nSPS) is 25.1. The van der Waals surface area contributed by atoms with Gasteiger partial charge in [-0.15, -0.1) is 0 Å². The van der Waals surface area contributed by atoms with Crippen molar-refractivity contribution in [1.82, 2.24) is 0 Å². The van der Waals surface area contributed by atoms with Crippen molar-refractivity contribution in [2.24, 2.45) is 5.92 Å². The summed E-state index contributed by atoms with van der Waals surface area (Å²) in [6.07, 6.45) is 11.2. The number of allylic oxidation sites excluding steroid dienone is 3. The van der Waals surface area contributed by atoms with Crippen LogP contribution in [0.3, 0.4) is 0 Å². The van der Waals surface area contributed by atoms with E-state index in [-0.39, 0.29) is 0 Å². The first-order chi connectivity index (χ1) is 6.34. The molecule has 13 heavy (non-hydrogen) atoms. The van der Waals surface area contributed by atoms with Gasteiger partial charge in [0.2, 0.25) is 0 Å². The van der Waals surface area contributed by atoms with E-state index in [1.165, 1.54) is 24.8 Å². The quantitative estimate of drug-likeness (QED) is 0.474. The van der Waals surface area contributed by atoms with Gasteiger partial charge in [-0.2, -0.15) is 0 Å². The van der Waals surface area contributed by atoms with Crippen molar-refractivity contribution in [3.63, 3.8) is 0 Å². The van der Waals surface area contributed by atoms with E-state index in [0.29, 0.717) is 5.92 Å². The molecule has 1 unspecified atom stereocenters. The molecule has 0 aromatic carbocycles. The monoisotopic (exact) mass is 180 g/mol. The van der Waals surface area contributed by atoms with Crippen LogP contribution in [0.1, 0.15) is 39.5 Å². The van der Waals surface area contributed by atoms with Crippen LogP contribution in [0.2, 0.25) is 0 Å². The van der Waals surface area contributed by atoms with E-state index in [1.807, 2.05) is 6.26 Å². The van der Waals surface area contributed by atoms with Gasteiger partial charge in [0, 0.05) is 0 Å².